The van der Waals surface area contributed by atoms with Gasteiger partial charge < -0.3 is 24.5 Å². The van der Waals surface area contributed by atoms with Gasteiger partial charge in [0.05, 0.1) is 24.7 Å². The second kappa shape index (κ2) is 9.59. The van der Waals surface area contributed by atoms with E-state index in [1.165, 1.54) is 0 Å². The van der Waals surface area contributed by atoms with E-state index in [0.29, 0.717) is 18.1 Å². The minimum atomic E-state index is -0.596. The minimum Gasteiger partial charge on any atom is -0.481 e. The molecule has 2 bridgehead atoms. The molecule has 0 spiro atoms. The molecule has 3 aromatic heterocycles. The van der Waals surface area contributed by atoms with E-state index in [4.69, 9.17) is 14.5 Å². The Bertz CT molecular complexity index is 1240. The fourth-order valence-corrected chi connectivity index (χ4v) is 6.30. The number of nitrogens with zero attached hydrogens (tertiary/aromatic N) is 4. The number of rotatable bonds is 8. The molecule has 9 nitrogen and oxygen atoms in total. The summed E-state index contributed by atoms with van der Waals surface area (Å²) in [5.41, 5.74) is 2.16. The van der Waals surface area contributed by atoms with Crippen LogP contribution in [0.5, 0.6) is 5.88 Å². The molecular weight excluding hydrogens is 470 g/mol. The van der Waals surface area contributed by atoms with Crippen LogP contribution in [-0.2, 0) is 9.53 Å². The van der Waals surface area contributed by atoms with Crippen molar-refractivity contribution in [3.63, 3.8) is 0 Å². The molecule has 0 aromatic carbocycles. The van der Waals surface area contributed by atoms with Crippen molar-refractivity contribution in [1.29, 1.82) is 0 Å². The fourth-order valence-electron chi connectivity index (χ4n) is 6.30. The number of carboxylic acid groups (broad SMARTS) is 1. The number of H-pyrrole nitrogens is 1. The maximum absolute atomic E-state index is 11.7. The first kappa shape index (κ1) is 24.2. The first-order valence-electron chi connectivity index (χ1n) is 13.5. The summed E-state index contributed by atoms with van der Waals surface area (Å²) in [6.45, 7) is 5.12. The van der Waals surface area contributed by atoms with Gasteiger partial charge >= 0.3 is 5.97 Å². The third kappa shape index (κ3) is 4.65. The molecule has 4 heterocycles. The molecule has 2 N–H and O–H groups in total. The minimum absolute atomic E-state index is 0.197. The van der Waals surface area contributed by atoms with Crippen LogP contribution >= 0.6 is 0 Å². The number of pyridine rings is 2. The highest BCUT2D eigenvalue weighted by Crippen LogP contribution is 2.57. The molecule has 196 valence electrons. The van der Waals surface area contributed by atoms with Gasteiger partial charge in [0.15, 0.2) is 5.65 Å². The first-order valence-corrected chi connectivity index (χ1v) is 13.5. The van der Waals surface area contributed by atoms with E-state index in [-0.39, 0.29) is 11.5 Å². The van der Waals surface area contributed by atoms with Gasteiger partial charge in [-0.05, 0) is 81.9 Å². The summed E-state index contributed by atoms with van der Waals surface area (Å²) in [7, 11) is 0. The number of fused-ring (bicyclic) bond motifs is 4. The Balaban J connectivity index is 1.02. The zero-order chi connectivity index (χ0) is 25.5. The van der Waals surface area contributed by atoms with Gasteiger partial charge in [-0.2, -0.15) is 4.98 Å². The zero-order valence-corrected chi connectivity index (χ0v) is 21.4. The first-order chi connectivity index (χ1) is 18.0. The molecule has 3 aliphatic carbocycles. The largest absolute Gasteiger partial charge is 0.481 e. The van der Waals surface area contributed by atoms with Crippen molar-refractivity contribution < 1.29 is 19.4 Å². The van der Waals surface area contributed by atoms with Crippen molar-refractivity contribution in [2.45, 2.75) is 64.4 Å². The molecule has 37 heavy (non-hydrogen) atoms. The van der Waals surface area contributed by atoms with Gasteiger partial charge in [-0.15, -0.1) is 0 Å². The van der Waals surface area contributed by atoms with Crippen LogP contribution < -0.4 is 9.64 Å². The molecule has 0 unspecified atom stereocenters. The second-order valence-corrected chi connectivity index (χ2v) is 11.0. The normalized spacial score (nSPS) is 26.0. The fraction of sp³-hybridized carbons (Fsp3) is 0.571. The van der Waals surface area contributed by atoms with Gasteiger partial charge in [-0.1, -0.05) is 0 Å². The number of hydrogen-bond acceptors (Lipinski definition) is 7. The van der Waals surface area contributed by atoms with E-state index >= 15 is 0 Å². The van der Waals surface area contributed by atoms with Crippen LogP contribution in [0.4, 0.5) is 5.82 Å². The van der Waals surface area contributed by atoms with Gasteiger partial charge in [-0.25, -0.2) is 9.97 Å². The van der Waals surface area contributed by atoms with Crippen LogP contribution in [0.2, 0.25) is 0 Å². The van der Waals surface area contributed by atoms with Crippen molar-refractivity contribution in [3.05, 3.63) is 30.5 Å². The number of nitrogens with one attached hydrogen (secondary N) is 1. The molecule has 1 saturated heterocycles. The molecule has 0 radical (unpaired) electrons. The number of aliphatic carboxylic acids is 1. The molecular formula is C28H35N5O4. The molecule has 3 saturated carbocycles. The number of ether oxygens (including phenoxy) is 2. The second-order valence-electron chi connectivity index (χ2n) is 11.0. The van der Waals surface area contributed by atoms with Crippen LogP contribution in [0.3, 0.4) is 0 Å². The Kier molecular flexibility index (Phi) is 6.26. The summed E-state index contributed by atoms with van der Waals surface area (Å²) in [5.74, 6) is 1.70. The van der Waals surface area contributed by atoms with Crippen LogP contribution in [0.25, 0.3) is 22.6 Å². The summed E-state index contributed by atoms with van der Waals surface area (Å²) in [6, 6.07) is 7.85. The van der Waals surface area contributed by atoms with Crippen molar-refractivity contribution in [3.8, 4) is 17.3 Å². The Labute approximate surface area is 216 Å². The number of piperidine rings is 1. The number of carboxylic acids is 1. The van der Waals surface area contributed by atoms with Crippen LogP contribution in [0, 0.1) is 10.8 Å². The number of imidazole rings is 1. The molecule has 7 rings (SSSR count). The summed E-state index contributed by atoms with van der Waals surface area (Å²) in [6.07, 6.45) is 9.49. The Hall–Kier alpha value is -3.20. The monoisotopic (exact) mass is 505 g/mol. The lowest BCUT2D eigenvalue weighted by atomic mass is 9.54. The molecule has 4 aliphatic rings. The average molecular weight is 506 g/mol. The van der Waals surface area contributed by atoms with E-state index in [1.807, 2.05) is 25.3 Å². The average Bonchev–Trinajstić information content (AvgIpc) is 3.37. The number of anilines is 1. The van der Waals surface area contributed by atoms with E-state index in [9.17, 15) is 9.90 Å². The Morgan fingerprint density at radius 3 is 2.49 bits per heavy atom. The van der Waals surface area contributed by atoms with Gasteiger partial charge in [0.1, 0.15) is 17.2 Å². The predicted octanol–water partition coefficient (Wildman–Crippen LogP) is 4.83. The molecule has 0 atom stereocenters. The van der Waals surface area contributed by atoms with E-state index < -0.39 is 11.4 Å². The van der Waals surface area contributed by atoms with E-state index in [2.05, 4.69) is 32.0 Å². The standard InChI is InChI=1S/C28H35N5O4/c1-2-36-23-6-4-21-25(31-23)32-24(30-21)19-3-5-22(29-17-19)33-15-7-20(8-16-33)37-18-27-9-12-28(13-10-27,14-11-27)26(34)35/h3-6,17,20H,2,7-16,18H2,1H3,(H,34,35)(H,30,31,32). The van der Waals surface area contributed by atoms with Gasteiger partial charge in [0, 0.05) is 30.9 Å². The highest BCUT2D eigenvalue weighted by atomic mass is 16.5. The molecule has 9 heteroatoms. The van der Waals surface area contributed by atoms with Crippen molar-refractivity contribution >= 4 is 23.0 Å². The zero-order valence-electron chi connectivity index (χ0n) is 21.4. The number of aromatic nitrogens is 4. The van der Waals surface area contributed by atoms with Crippen molar-refractivity contribution in [1.82, 2.24) is 19.9 Å². The summed E-state index contributed by atoms with van der Waals surface area (Å²) in [5, 5.41) is 9.63. The Morgan fingerprint density at radius 1 is 1.08 bits per heavy atom. The van der Waals surface area contributed by atoms with E-state index in [0.717, 1.165) is 93.8 Å². The van der Waals surface area contributed by atoms with Crippen molar-refractivity contribution in [2.75, 3.05) is 31.2 Å². The van der Waals surface area contributed by atoms with E-state index in [1.54, 1.807) is 0 Å². The Morgan fingerprint density at radius 2 is 1.84 bits per heavy atom. The topological polar surface area (TPSA) is 113 Å². The third-order valence-electron chi connectivity index (χ3n) is 8.88. The maximum atomic E-state index is 11.7. The third-order valence-corrected chi connectivity index (χ3v) is 8.88. The number of carbonyl (C=O) groups is 1. The summed E-state index contributed by atoms with van der Waals surface area (Å²) < 4.78 is 11.9. The lowest BCUT2D eigenvalue weighted by Gasteiger charge is -2.51. The summed E-state index contributed by atoms with van der Waals surface area (Å²) >= 11 is 0. The van der Waals surface area contributed by atoms with Gasteiger partial charge in [-0.3, -0.25) is 4.79 Å². The lowest BCUT2D eigenvalue weighted by molar-refractivity contribution is -0.162. The molecule has 4 fully saturated rings. The van der Waals surface area contributed by atoms with Crippen LogP contribution in [0.1, 0.15) is 58.3 Å². The SMILES string of the molecule is CCOc1ccc2nc(-c3ccc(N4CCC(OCC56CCC(C(=O)O)(CC5)CC6)CC4)nc3)[nH]c2n1. The maximum Gasteiger partial charge on any atom is 0.309 e. The predicted molar refractivity (Wildman–Crippen MR) is 140 cm³/mol. The van der Waals surface area contributed by atoms with Gasteiger partial charge in [0.25, 0.3) is 0 Å². The molecule has 3 aromatic rings. The molecule has 1 aliphatic heterocycles. The lowest BCUT2D eigenvalue weighted by Crippen LogP contribution is -2.48. The number of aromatic amines is 1. The molecule has 0 amide bonds. The highest BCUT2D eigenvalue weighted by Gasteiger charge is 2.52. The van der Waals surface area contributed by atoms with Crippen LogP contribution in [-0.4, -0.2) is 63.4 Å². The summed E-state index contributed by atoms with van der Waals surface area (Å²) in [4.78, 5) is 31.1. The number of hydrogen-bond donors (Lipinski definition) is 2. The highest BCUT2D eigenvalue weighted by molar-refractivity contribution is 5.76. The smallest absolute Gasteiger partial charge is 0.309 e. The van der Waals surface area contributed by atoms with Gasteiger partial charge in [0.2, 0.25) is 5.88 Å². The van der Waals surface area contributed by atoms with Crippen LogP contribution in [0.15, 0.2) is 30.5 Å². The quantitative estimate of drug-likeness (QED) is 0.448. The van der Waals surface area contributed by atoms with Crippen molar-refractivity contribution in [2.24, 2.45) is 10.8 Å².